The van der Waals surface area contributed by atoms with Crippen LogP contribution in [0.15, 0.2) is 72.8 Å². The van der Waals surface area contributed by atoms with Gasteiger partial charge in [-0.25, -0.2) is 8.78 Å². The van der Waals surface area contributed by atoms with E-state index in [1.54, 1.807) is 24.3 Å². The van der Waals surface area contributed by atoms with Crippen molar-refractivity contribution in [1.29, 1.82) is 0 Å². The lowest BCUT2D eigenvalue weighted by Crippen LogP contribution is -1.97. The molecule has 0 aliphatic rings. The third-order valence-electron chi connectivity index (χ3n) is 5.64. The van der Waals surface area contributed by atoms with Gasteiger partial charge in [-0.2, -0.15) is 0 Å². The average molecular weight is 446 g/mol. The number of rotatable bonds is 6. The van der Waals surface area contributed by atoms with Crippen molar-refractivity contribution < 1.29 is 23.0 Å². The van der Waals surface area contributed by atoms with Gasteiger partial charge in [-0.1, -0.05) is 12.1 Å². The lowest BCUT2D eigenvalue weighted by molar-refractivity contribution is 0.452. The molecule has 0 atom stereocenters. The highest BCUT2D eigenvalue weighted by molar-refractivity contribution is 5.53. The molecule has 0 saturated carbocycles. The molecule has 0 heterocycles. The van der Waals surface area contributed by atoms with Crippen molar-refractivity contribution in [2.24, 2.45) is 0 Å². The summed E-state index contributed by atoms with van der Waals surface area (Å²) in [6.07, 6.45) is 0. The minimum Gasteiger partial charge on any atom is -0.457 e. The Labute approximate surface area is 192 Å². The summed E-state index contributed by atoms with van der Waals surface area (Å²) in [5.41, 5.74) is 3.64. The Kier molecular flexibility index (Phi) is 6.31. The van der Waals surface area contributed by atoms with Gasteiger partial charge in [0.05, 0.1) is 0 Å². The highest BCUT2D eigenvalue weighted by Crippen LogP contribution is 2.38. The molecule has 0 radical (unpaired) electrons. The van der Waals surface area contributed by atoms with E-state index < -0.39 is 0 Å². The second kappa shape index (κ2) is 9.33. The molecule has 0 fully saturated rings. The van der Waals surface area contributed by atoms with Gasteiger partial charge in [0.25, 0.3) is 0 Å². The quantitative estimate of drug-likeness (QED) is 0.297. The molecular weight excluding hydrogens is 422 g/mol. The largest absolute Gasteiger partial charge is 0.457 e. The van der Waals surface area contributed by atoms with Crippen LogP contribution in [0.3, 0.4) is 0 Å². The van der Waals surface area contributed by atoms with Crippen molar-refractivity contribution in [3.63, 3.8) is 0 Å². The number of hydrogen-bond acceptors (Lipinski definition) is 3. The zero-order chi connectivity index (χ0) is 23.5. The Morgan fingerprint density at radius 2 is 0.788 bits per heavy atom. The first-order chi connectivity index (χ1) is 15.8. The maximum absolute atomic E-state index is 13.5. The molecule has 0 spiro atoms. The SMILES string of the molecule is Cc1c(Oc2cccc(F)c2)ccc(Oc2ccc(Oc3cccc(F)c3)c(C)c2C)c1C. The zero-order valence-electron chi connectivity index (χ0n) is 18.9. The van der Waals surface area contributed by atoms with Gasteiger partial charge >= 0.3 is 0 Å². The molecule has 4 aromatic carbocycles. The first kappa shape index (κ1) is 22.3. The molecule has 0 aliphatic heterocycles. The third-order valence-corrected chi connectivity index (χ3v) is 5.64. The van der Waals surface area contributed by atoms with E-state index in [9.17, 15) is 8.78 Å². The van der Waals surface area contributed by atoms with Gasteiger partial charge in [0.1, 0.15) is 46.1 Å². The minimum absolute atomic E-state index is 0.350. The van der Waals surface area contributed by atoms with Gasteiger partial charge in [-0.3, -0.25) is 0 Å². The molecule has 0 aliphatic carbocycles. The predicted molar refractivity (Wildman–Crippen MR) is 125 cm³/mol. The number of benzene rings is 4. The van der Waals surface area contributed by atoms with Crippen molar-refractivity contribution in [1.82, 2.24) is 0 Å². The Hall–Kier alpha value is -3.86. The lowest BCUT2D eigenvalue weighted by atomic mass is 10.1. The van der Waals surface area contributed by atoms with Crippen LogP contribution in [0.1, 0.15) is 22.3 Å². The van der Waals surface area contributed by atoms with Crippen LogP contribution in [0.25, 0.3) is 0 Å². The van der Waals surface area contributed by atoms with E-state index in [0.29, 0.717) is 34.5 Å². The highest BCUT2D eigenvalue weighted by Gasteiger charge is 2.14. The number of ether oxygens (including phenoxy) is 3. The summed E-state index contributed by atoms with van der Waals surface area (Å²) in [7, 11) is 0. The van der Waals surface area contributed by atoms with E-state index in [0.717, 1.165) is 22.3 Å². The molecule has 5 heteroatoms. The van der Waals surface area contributed by atoms with Gasteiger partial charge in [0.15, 0.2) is 0 Å². The summed E-state index contributed by atoms with van der Waals surface area (Å²) >= 11 is 0. The maximum Gasteiger partial charge on any atom is 0.130 e. The Bertz CT molecular complexity index is 1210. The Morgan fingerprint density at radius 1 is 0.455 bits per heavy atom. The van der Waals surface area contributed by atoms with Crippen LogP contribution in [0.4, 0.5) is 8.78 Å². The molecule has 0 bridgehead atoms. The van der Waals surface area contributed by atoms with Crippen molar-refractivity contribution in [3.8, 4) is 34.5 Å². The molecule has 0 N–H and O–H groups in total. The summed E-state index contributed by atoms with van der Waals surface area (Å²) in [6, 6.07) is 19.4. The fraction of sp³-hybridized carbons (Fsp3) is 0.143. The second-order valence-electron chi connectivity index (χ2n) is 7.84. The predicted octanol–water partition coefficient (Wildman–Crippen LogP) is 8.58. The highest BCUT2D eigenvalue weighted by atomic mass is 19.1. The molecule has 33 heavy (non-hydrogen) atoms. The molecule has 0 amide bonds. The number of hydrogen-bond donors (Lipinski definition) is 0. The van der Waals surface area contributed by atoms with Crippen molar-refractivity contribution in [3.05, 3.63) is 107 Å². The molecule has 168 valence electrons. The van der Waals surface area contributed by atoms with E-state index in [1.807, 2.05) is 52.0 Å². The first-order valence-electron chi connectivity index (χ1n) is 10.6. The molecular formula is C28H24F2O3. The average Bonchev–Trinajstić information content (AvgIpc) is 2.78. The minimum atomic E-state index is -0.350. The van der Waals surface area contributed by atoms with Gasteiger partial charge in [0, 0.05) is 12.1 Å². The van der Waals surface area contributed by atoms with Gasteiger partial charge in [-0.05, 0) is 98.5 Å². The fourth-order valence-corrected chi connectivity index (χ4v) is 3.42. The molecule has 0 unspecified atom stereocenters. The second-order valence-corrected chi connectivity index (χ2v) is 7.84. The van der Waals surface area contributed by atoms with Crippen molar-refractivity contribution in [2.45, 2.75) is 27.7 Å². The molecule has 4 aromatic rings. The van der Waals surface area contributed by atoms with E-state index >= 15 is 0 Å². The Morgan fingerprint density at radius 3 is 1.12 bits per heavy atom. The first-order valence-corrected chi connectivity index (χ1v) is 10.6. The standard InChI is InChI=1S/C28H24F2O3/c1-17-19(3)27(13-11-25(17)31-23-9-5-7-21(29)15-23)33-28-14-12-26(18(2)20(28)4)32-24-10-6-8-22(30)16-24/h5-16H,1-4H3. The van der Waals surface area contributed by atoms with Crippen LogP contribution in [-0.4, -0.2) is 0 Å². The summed E-state index contributed by atoms with van der Waals surface area (Å²) < 4.78 is 44.9. The van der Waals surface area contributed by atoms with Crippen LogP contribution in [0, 0.1) is 39.3 Å². The fourth-order valence-electron chi connectivity index (χ4n) is 3.42. The molecule has 3 nitrogen and oxygen atoms in total. The van der Waals surface area contributed by atoms with Crippen LogP contribution in [-0.2, 0) is 0 Å². The van der Waals surface area contributed by atoms with E-state index in [-0.39, 0.29) is 11.6 Å². The molecule has 4 rings (SSSR count). The monoisotopic (exact) mass is 446 g/mol. The van der Waals surface area contributed by atoms with Crippen molar-refractivity contribution in [2.75, 3.05) is 0 Å². The Balaban J connectivity index is 1.56. The zero-order valence-corrected chi connectivity index (χ0v) is 18.9. The van der Waals surface area contributed by atoms with Crippen LogP contribution >= 0.6 is 0 Å². The smallest absolute Gasteiger partial charge is 0.130 e. The summed E-state index contributed by atoms with van der Waals surface area (Å²) in [6.45, 7) is 7.77. The van der Waals surface area contributed by atoms with Gasteiger partial charge in [0.2, 0.25) is 0 Å². The topological polar surface area (TPSA) is 27.7 Å². The summed E-state index contributed by atoms with van der Waals surface area (Å²) in [4.78, 5) is 0. The van der Waals surface area contributed by atoms with Crippen LogP contribution in [0.2, 0.25) is 0 Å². The third kappa shape index (κ3) is 4.98. The maximum atomic E-state index is 13.5. The van der Waals surface area contributed by atoms with Crippen LogP contribution < -0.4 is 14.2 Å². The molecule has 0 saturated heterocycles. The van der Waals surface area contributed by atoms with Crippen molar-refractivity contribution >= 4 is 0 Å². The lowest BCUT2D eigenvalue weighted by Gasteiger charge is -2.18. The van der Waals surface area contributed by atoms with E-state index in [4.69, 9.17) is 14.2 Å². The van der Waals surface area contributed by atoms with Gasteiger partial charge < -0.3 is 14.2 Å². The summed E-state index contributed by atoms with van der Waals surface area (Å²) in [5, 5.41) is 0. The number of halogens is 2. The molecule has 0 aromatic heterocycles. The summed E-state index contributed by atoms with van der Waals surface area (Å²) in [5.74, 6) is 2.84. The van der Waals surface area contributed by atoms with Crippen LogP contribution in [0.5, 0.6) is 34.5 Å². The normalized spacial score (nSPS) is 10.7. The van der Waals surface area contributed by atoms with E-state index in [2.05, 4.69) is 0 Å². The van der Waals surface area contributed by atoms with E-state index in [1.165, 1.54) is 24.3 Å². The van der Waals surface area contributed by atoms with Gasteiger partial charge in [-0.15, -0.1) is 0 Å².